The fourth-order valence-electron chi connectivity index (χ4n) is 4.06. The molecule has 0 radical (unpaired) electrons. The maximum atomic E-state index is 13.6. The van der Waals surface area contributed by atoms with Gasteiger partial charge in [-0.05, 0) is 48.5 Å². The van der Waals surface area contributed by atoms with Crippen LogP contribution in [0.5, 0.6) is 11.5 Å². The molecule has 5 rings (SSSR count). The van der Waals surface area contributed by atoms with Crippen LogP contribution >= 0.6 is 11.6 Å². The molecule has 0 aliphatic rings. The van der Waals surface area contributed by atoms with Gasteiger partial charge in [-0.25, -0.2) is 4.98 Å². The predicted molar refractivity (Wildman–Crippen MR) is 140 cm³/mol. The number of hydrogen-bond acceptors (Lipinski definition) is 5. The molecule has 0 unspecified atom stereocenters. The molecule has 0 atom stereocenters. The molecule has 0 spiro atoms. The van der Waals surface area contributed by atoms with Gasteiger partial charge in [-0.2, -0.15) is 5.10 Å². The zero-order chi connectivity index (χ0) is 25.1. The van der Waals surface area contributed by atoms with Crippen LogP contribution in [0.25, 0.3) is 33.5 Å². The first kappa shape index (κ1) is 23.4. The van der Waals surface area contributed by atoms with Gasteiger partial charge in [-0.3, -0.25) is 9.89 Å². The van der Waals surface area contributed by atoms with Crippen LogP contribution in [-0.4, -0.2) is 35.3 Å². The Hall–Kier alpha value is -4.36. The molecule has 180 valence electrons. The van der Waals surface area contributed by atoms with E-state index in [0.29, 0.717) is 45.3 Å². The molecule has 7 nitrogen and oxygen atoms in total. The van der Waals surface area contributed by atoms with E-state index in [-0.39, 0.29) is 5.91 Å². The molecule has 1 amide bonds. The van der Waals surface area contributed by atoms with Crippen molar-refractivity contribution in [1.29, 1.82) is 0 Å². The quantitative estimate of drug-likeness (QED) is 0.292. The summed E-state index contributed by atoms with van der Waals surface area (Å²) in [6.07, 6.45) is 0. The van der Waals surface area contributed by atoms with E-state index in [2.05, 4.69) is 15.5 Å². The van der Waals surface area contributed by atoms with Crippen LogP contribution in [-0.2, 0) is 6.54 Å². The fourth-order valence-corrected chi connectivity index (χ4v) is 4.18. The topological polar surface area (TPSA) is 89.1 Å². The number of methoxy groups -OCH3 is 2. The van der Waals surface area contributed by atoms with Crippen LogP contribution < -0.4 is 14.8 Å². The minimum atomic E-state index is -0.250. The maximum Gasteiger partial charge on any atom is 0.252 e. The maximum absolute atomic E-state index is 13.6. The van der Waals surface area contributed by atoms with Gasteiger partial charge in [0.2, 0.25) is 0 Å². The normalized spacial score (nSPS) is 10.9. The zero-order valence-corrected chi connectivity index (χ0v) is 20.5. The van der Waals surface area contributed by atoms with E-state index in [1.807, 2.05) is 60.7 Å². The average Bonchev–Trinajstić information content (AvgIpc) is 3.36. The van der Waals surface area contributed by atoms with Crippen molar-refractivity contribution in [2.75, 3.05) is 14.2 Å². The number of benzene rings is 3. The van der Waals surface area contributed by atoms with E-state index in [0.717, 1.165) is 22.4 Å². The highest BCUT2D eigenvalue weighted by Gasteiger charge is 2.20. The van der Waals surface area contributed by atoms with Crippen LogP contribution in [0.1, 0.15) is 15.9 Å². The molecule has 0 saturated heterocycles. The van der Waals surface area contributed by atoms with Gasteiger partial charge in [0.15, 0.2) is 5.65 Å². The number of rotatable bonds is 7. The highest BCUT2D eigenvalue weighted by atomic mass is 35.5. The number of fused-ring (bicyclic) bond motifs is 1. The lowest BCUT2D eigenvalue weighted by Gasteiger charge is -2.12. The van der Waals surface area contributed by atoms with Gasteiger partial charge in [-0.1, -0.05) is 41.9 Å². The van der Waals surface area contributed by atoms with E-state index >= 15 is 0 Å². The highest BCUT2D eigenvalue weighted by molar-refractivity contribution is 6.30. The number of H-pyrrole nitrogens is 1. The van der Waals surface area contributed by atoms with Gasteiger partial charge in [0.25, 0.3) is 5.91 Å². The Morgan fingerprint density at radius 1 is 0.944 bits per heavy atom. The van der Waals surface area contributed by atoms with E-state index < -0.39 is 0 Å². The lowest BCUT2D eigenvalue weighted by atomic mass is 10.0. The number of aromatic amines is 1. The Kier molecular flexibility index (Phi) is 6.56. The number of pyridine rings is 1. The molecule has 2 aromatic heterocycles. The van der Waals surface area contributed by atoms with Crippen molar-refractivity contribution in [3.63, 3.8) is 0 Å². The van der Waals surface area contributed by atoms with Crippen LogP contribution in [0.4, 0.5) is 0 Å². The van der Waals surface area contributed by atoms with Gasteiger partial charge in [0.05, 0.1) is 36.6 Å². The Morgan fingerprint density at radius 3 is 2.39 bits per heavy atom. The third kappa shape index (κ3) is 4.61. The smallest absolute Gasteiger partial charge is 0.252 e. The van der Waals surface area contributed by atoms with Crippen LogP contribution in [0, 0.1) is 0 Å². The van der Waals surface area contributed by atoms with Crippen molar-refractivity contribution < 1.29 is 14.3 Å². The minimum absolute atomic E-state index is 0.250. The first-order chi connectivity index (χ1) is 17.6. The summed E-state index contributed by atoms with van der Waals surface area (Å²) in [5.41, 5.74) is 4.78. The second kappa shape index (κ2) is 10.1. The van der Waals surface area contributed by atoms with E-state index in [1.165, 1.54) is 0 Å². The number of nitrogens with zero attached hydrogens (tertiary/aromatic N) is 2. The van der Waals surface area contributed by atoms with E-state index in [9.17, 15) is 4.79 Å². The summed E-state index contributed by atoms with van der Waals surface area (Å²) in [6.45, 7) is 0.304. The number of amides is 1. The Balaban J connectivity index is 1.59. The van der Waals surface area contributed by atoms with Crippen molar-refractivity contribution in [3.8, 4) is 34.0 Å². The number of aromatic nitrogens is 3. The molecule has 36 heavy (non-hydrogen) atoms. The molecule has 2 N–H and O–H groups in total. The predicted octanol–water partition coefficient (Wildman–Crippen LogP) is 5.89. The Bertz CT molecular complexity index is 1530. The summed E-state index contributed by atoms with van der Waals surface area (Å²) in [6, 6.07) is 24.2. The van der Waals surface area contributed by atoms with Crippen molar-refractivity contribution in [2.24, 2.45) is 0 Å². The lowest BCUT2D eigenvalue weighted by molar-refractivity contribution is 0.0952. The van der Waals surface area contributed by atoms with Gasteiger partial charge in [0, 0.05) is 28.3 Å². The van der Waals surface area contributed by atoms with Gasteiger partial charge < -0.3 is 14.8 Å². The third-order valence-electron chi connectivity index (χ3n) is 5.92. The molecule has 5 aromatic rings. The second-order valence-electron chi connectivity index (χ2n) is 8.08. The number of carbonyl (C=O) groups excluding carboxylic acids is 1. The first-order valence-electron chi connectivity index (χ1n) is 11.3. The molecule has 0 saturated carbocycles. The molecular formula is C28H23ClN4O3. The number of nitrogens with one attached hydrogen (secondary N) is 2. The SMILES string of the molecule is COc1ccc(-c2cc(C(=O)NCc3ccccc3OC)c3c(-c4ccc(Cl)cc4)[nH]nc3n2)cc1. The second-order valence-corrected chi connectivity index (χ2v) is 8.52. The standard InChI is InChI=1S/C28H23ClN4O3/c1-35-21-13-9-17(10-14-21)23-15-22(28(34)30-16-19-5-3-4-6-24(19)36-2)25-26(32-33-27(25)31-23)18-7-11-20(29)12-8-18/h3-15H,16H2,1-2H3,(H,30,34)(H,31,32,33). The summed E-state index contributed by atoms with van der Waals surface area (Å²) in [4.78, 5) is 18.3. The van der Waals surface area contributed by atoms with Crippen molar-refractivity contribution in [2.45, 2.75) is 6.54 Å². The molecule has 0 fully saturated rings. The molecule has 2 heterocycles. The van der Waals surface area contributed by atoms with Crippen molar-refractivity contribution >= 4 is 28.5 Å². The Morgan fingerprint density at radius 2 is 1.67 bits per heavy atom. The van der Waals surface area contributed by atoms with Crippen LogP contribution in [0.2, 0.25) is 5.02 Å². The number of ether oxygens (including phenoxy) is 2. The first-order valence-corrected chi connectivity index (χ1v) is 11.6. The summed E-state index contributed by atoms with van der Waals surface area (Å²) in [5, 5.41) is 11.8. The largest absolute Gasteiger partial charge is 0.497 e. The third-order valence-corrected chi connectivity index (χ3v) is 6.17. The number of para-hydroxylation sites is 1. The highest BCUT2D eigenvalue weighted by Crippen LogP contribution is 2.32. The molecule has 3 aromatic carbocycles. The average molecular weight is 499 g/mol. The van der Waals surface area contributed by atoms with Crippen molar-refractivity contribution in [1.82, 2.24) is 20.5 Å². The summed E-state index contributed by atoms with van der Waals surface area (Å²) < 4.78 is 10.7. The molecule has 0 aliphatic carbocycles. The lowest BCUT2D eigenvalue weighted by Crippen LogP contribution is -2.23. The van der Waals surface area contributed by atoms with Gasteiger partial charge in [0.1, 0.15) is 11.5 Å². The summed E-state index contributed by atoms with van der Waals surface area (Å²) in [7, 11) is 3.23. The zero-order valence-electron chi connectivity index (χ0n) is 19.7. The van der Waals surface area contributed by atoms with Gasteiger partial charge >= 0.3 is 0 Å². The fraction of sp³-hybridized carbons (Fsp3) is 0.107. The molecule has 0 bridgehead atoms. The minimum Gasteiger partial charge on any atom is -0.497 e. The summed E-state index contributed by atoms with van der Waals surface area (Å²) >= 11 is 6.09. The molecule has 8 heteroatoms. The number of hydrogen-bond donors (Lipinski definition) is 2. The van der Waals surface area contributed by atoms with Crippen LogP contribution in [0.3, 0.4) is 0 Å². The van der Waals surface area contributed by atoms with E-state index in [4.69, 9.17) is 26.1 Å². The molecular weight excluding hydrogens is 476 g/mol. The van der Waals surface area contributed by atoms with Crippen LogP contribution in [0.15, 0.2) is 78.9 Å². The number of carbonyl (C=O) groups is 1. The summed E-state index contributed by atoms with van der Waals surface area (Å²) in [5.74, 6) is 1.20. The van der Waals surface area contributed by atoms with E-state index in [1.54, 1.807) is 32.4 Å². The molecule has 0 aliphatic heterocycles. The van der Waals surface area contributed by atoms with Gasteiger partial charge in [-0.15, -0.1) is 0 Å². The monoisotopic (exact) mass is 498 g/mol. The Labute approximate surface area is 213 Å². The van der Waals surface area contributed by atoms with Crippen molar-refractivity contribution in [3.05, 3.63) is 95.0 Å². The number of halogens is 1.